The van der Waals surface area contributed by atoms with E-state index < -0.39 is 17.7 Å². The van der Waals surface area contributed by atoms with Crippen LogP contribution in [0.2, 0.25) is 0 Å². The van der Waals surface area contributed by atoms with Crippen LogP contribution >= 0.6 is 0 Å². The van der Waals surface area contributed by atoms with Gasteiger partial charge in [-0.05, 0) is 48.4 Å². The maximum Gasteiger partial charge on any atom is 0.295 e. The number of likely N-dealkylation sites (tertiary alicyclic amines) is 1. The number of carbonyl (C=O) groups is 2. The minimum atomic E-state index is -0.887. The molecule has 2 atom stereocenters. The van der Waals surface area contributed by atoms with E-state index in [9.17, 15) is 14.7 Å². The highest BCUT2D eigenvalue weighted by molar-refractivity contribution is 6.46. The lowest BCUT2D eigenvalue weighted by molar-refractivity contribution is -0.140. The molecule has 0 spiro atoms. The van der Waals surface area contributed by atoms with Crippen molar-refractivity contribution in [2.45, 2.75) is 25.5 Å². The first-order valence-corrected chi connectivity index (χ1v) is 11.2. The molecule has 1 fully saturated rings. The van der Waals surface area contributed by atoms with Crippen LogP contribution in [-0.2, 0) is 20.7 Å². The van der Waals surface area contributed by atoms with Gasteiger partial charge in [-0.3, -0.25) is 9.59 Å². The van der Waals surface area contributed by atoms with Crippen molar-refractivity contribution in [1.82, 2.24) is 4.90 Å². The molecule has 4 rings (SSSR count). The number of methoxy groups -OCH3 is 4. The second kappa shape index (κ2) is 9.87. The van der Waals surface area contributed by atoms with Crippen molar-refractivity contribution >= 4 is 17.4 Å². The summed E-state index contributed by atoms with van der Waals surface area (Å²) in [6.45, 7) is 2.32. The molecule has 0 saturated carbocycles. The zero-order chi connectivity index (χ0) is 25.3. The van der Waals surface area contributed by atoms with Crippen molar-refractivity contribution in [2.75, 3.05) is 41.6 Å². The minimum Gasteiger partial charge on any atom is -0.507 e. The van der Waals surface area contributed by atoms with Gasteiger partial charge in [-0.1, -0.05) is 0 Å². The Labute approximate surface area is 203 Å². The number of carbonyl (C=O) groups excluding carboxylic acids is 2. The highest BCUT2D eigenvalue weighted by Gasteiger charge is 2.46. The predicted octanol–water partition coefficient (Wildman–Crippen LogP) is 3.10. The van der Waals surface area contributed by atoms with Crippen LogP contribution in [-0.4, -0.2) is 69.4 Å². The minimum absolute atomic E-state index is 0.0210. The average Bonchev–Trinajstić information content (AvgIpc) is 3.36. The number of benzene rings is 2. The average molecular weight is 484 g/mol. The third kappa shape index (κ3) is 4.27. The van der Waals surface area contributed by atoms with E-state index in [2.05, 4.69) is 0 Å². The second-order valence-electron chi connectivity index (χ2n) is 8.40. The Kier molecular flexibility index (Phi) is 6.88. The molecule has 1 saturated heterocycles. The number of Topliss-reactive ketones (excluding diaryl/α,β-unsaturated/α-hetero) is 1. The summed E-state index contributed by atoms with van der Waals surface area (Å²) in [5, 5.41) is 11.4. The summed E-state index contributed by atoms with van der Waals surface area (Å²) in [4.78, 5) is 27.7. The number of amides is 1. The zero-order valence-corrected chi connectivity index (χ0v) is 20.4. The molecular weight excluding hydrogens is 454 g/mol. The van der Waals surface area contributed by atoms with Crippen LogP contribution in [0, 0.1) is 0 Å². The molecule has 2 unspecified atom stereocenters. The lowest BCUT2D eigenvalue weighted by atomic mass is 9.94. The van der Waals surface area contributed by atoms with Crippen LogP contribution in [0.5, 0.6) is 23.0 Å². The van der Waals surface area contributed by atoms with Gasteiger partial charge in [0.1, 0.15) is 17.6 Å². The first kappa shape index (κ1) is 24.4. The van der Waals surface area contributed by atoms with Crippen LogP contribution in [0.15, 0.2) is 35.9 Å². The van der Waals surface area contributed by atoms with E-state index in [-0.39, 0.29) is 30.6 Å². The summed E-state index contributed by atoms with van der Waals surface area (Å²) >= 11 is 0. The van der Waals surface area contributed by atoms with Crippen molar-refractivity contribution in [1.29, 1.82) is 0 Å². The third-order valence-corrected chi connectivity index (χ3v) is 6.25. The Balaban J connectivity index is 1.90. The Hall–Kier alpha value is -3.72. The number of ketones is 1. The fraction of sp³-hybridized carbons (Fsp3) is 0.385. The zero-order valence-electron chi connectivity index (χ0n) is 20.4. The molecule has 0 aliphatic carbocycles. The van der Waals surface area contributed by atoms with Gasteiger partial charge in [0.25, 0.3) is 11.7 Å². The van der Waals surface area contributed by atoms with Crippen LogP contribution < -0.4 is 18.9 Å². The first-order chi connectivity index (χ1) is 16.8. The van der Waals surface area contributed by atoms with E-state index in [4.69, 9.17) is 23.7 Å². The Bertz CT molecular complexity index is 1160. The van der Waals surface area contributed by atoms with Crippen LogP contribution in [0.1, 0.15) is 29.7 Å². The SMILES string of the molecule is COCCN1C(=O)C(=O)C(=C(O)c2ccc3c(c2)CC(C)O3)C1c1cc(OC)c(OC)c(OC)c1. The Morgan fingerprint density at radius 2 is 1.74 bits per heavy atom. The van der Waals surface area contributed by atoms with E-state index in [1.54, 1.807) is 30.3 Å². The number of hydrogen-bond acceptors (Lipinski definition) is 8. The maximum atomic E-state index is 13.2. The molecule has 35 heavy (non-hydrogen) atoms. The number of aliphatic hydroxyl groups excluding tert-OH is 1. The summed E-state index contributed by atoms with van der Waals surface area (Å²) < 4.78 is 27.3. The van der Waals surface area contributed by atoms with E-state index in [0.29, 0.717) is 34.8 Å². The fourth-order valence-electron chi connectivity index (χ4n) is 4.63. The molecule has 9 nitrogen and oxygen atoms in total. The van der Waals surface area contributed by atoms with Crippen LogP contribution in [0.25, 0.3) is 5.76 Å². The van der Waals surface area contributed by atoms with E-state index >= 15 is 0 Å². The van der Waals surface area contributed by atoms with Crippen LogP contribution in [0.4, 0.5) is 0 Å². The number of ether oxygens (including phenoxy) is 5. The molecule has 186 valence electrons. The smallest absolute Gasteiger partial charge is 0.295 e. The topological polar surface area (TPSA) is 104 Å². The number of nitrogens with zero attached hydrogens (tertiary/aromatic N) is 1. The summed E-state index contributed by atoms with van der Waals surface area (Å²) in [5.74, 6) is 0.0918. The van der Waals surface area contributed by atoms with Crippen LogP contribution in [0.3, 0.4) is 0 Å². The van der Waals surface area contributed by atoms with E-state index in [0.717, 1.165) is 11.3 Å². The summed E-state index contributed by atoms with van der Waals surface area (Å²) in [6, 6.07) is 7.70. The van der Waals surface area contributed by atoms with Crippen molar-refractivity contribution in [3.63, 3.8) is 0 Å². The van der Waals surface area contributed by atoms with Gasteiger partial charge < -0.3 is 33.7 Å². The number of aliphatic hydroxyl groups is 1. The molecule has 2 aromatic carbocycles. The monoisotopic (exact) mass is 483 g/mol. The number of hydrogen-bond donors (Lipinski definition) is 1. The standard InChI is InChI=1S/C26H29NO8/c1-14-10-16-11-15(6-7-18(16)35-14)23(28)21-22(27(8-9-31-2)26(30)24(21)29)17-12-19(32-3)25(34-5)20(13-17)33-4/h6-7,11-14,22,28H,8-10H2,1-5H3. The molecule has 2 aliphatic rings. The molecule has 0 radical (unpaired) electrons. The van der Waals surface area contributed by atoms with Crippen molar-refractivity contribution in [2.24, 2.45) is 0 Å². The summed E-state index contributed by atoms with van der Waals surface area (Å²) in [7, 11) is 5.97. The quantitative estimate of drug-likeness (QED) is 0.347. The maximum absolute atomic E-state index is 13.2. The van der Waals surface area contributed by atoms with E-state index in [1.165, 1.54) is 33.3 Å². The molecule has 9 heteroatoms. The van der Waals surface area contributed by atoms with Crippen molar-refractivity contribution in [3.05, 3.63) is 52.6 Å². The lowest BCUT2D eigenvalue weighted by Crippen LogP contribution is -2.32. The highest BCUT2D eigenvalue weighted by atomic mass is 16.5. The molecule has 2 heterocycles. The van der Waals surface area contributed by atoms with Gasteiger partial charge in [0.05, 0.1) is 39.6 Å². The van der Waals surface area contributed by atoms with Gasteiger partial charge in [-0.2, -0.15) is 0 Å². The largest absolute Gasteiger partial charge is 0.507 e. The number of fused-ring (bicyclic) bond motifs is 1. The lowest BCUT2D eigenvalue weighted by Gasteiger charge is -2.26. The molecule has 0 bridgehead atoms. The first-order valence-electron chi connectivity index (χ1n) is 11.2. The predicted molar refractivity (Wildman–Crippen MR) is 127 cm³/mol. The second-order valence-corrected chi connectivity index (χ2v) is 8.40. The molecule has 1 amide bonds. The van der Waals surface area contributed by atoms with Gasteiger partial charge in [0.15, 0.2) is 11.5 Å². The molecule has 2 aromatic rings. The Morgan fingerprint density at radius 3 is 2.34 bits per heavy atom. The van der Waals surface area contributed by atoms with Gasteiger partial charge >= 0.3 is 0 Å². The summed E-state index contributed by atoms with van der Waals surface area (Å²) in [5.41, 5.74) is 1.87. The molecule has 2 aliphatic heterocycles. The van der Waals surface area contributed by atoms with Gasteiger partial charge in [0, 0.05) is 25.6 Å². The van der Waals surface area contributed by atoms with Gasteiger partial charge in [-0.15, -0.1) is 0 Å². The summed E-state index contributed by atoms with van der Waals surface area (Å²) in [6.07, 6.45) is 0.718. The molecule has 1 N–H and O–H groups in total. The normalized spacial score (nSPS) is 20.5. The third-order valence-electron chi connectivity index (χ3n) is 6.25. The Morgan fingerprint density at radius 1 is 1.06 bits per heavy atom. The van der Waals surface area contributed by atoms with Gasteiger partial charge in [0.2, 0.25) is 5.75 Å². The van der Waals surface area contributed by atoms with Crippen molar-refractivity contribution < 1.29 is 38.4 Å². The van der Waals surface area contributed by atoms with Gasteiger partial charge in [-0.25, -0.2) is 0 Å². The molecular formula is C26H29NO8. The number of rotatable bonds is 8. The highest BCUT2D eigenvalue weighted by Crippen LogP contribution is 2.46. The fourth-order valence-corrected chi connectivity index (χ4v) is 4.63. The molecule has 0 aromatic heterocycles. The van der Waals surface area contributed by atoms with E-state index in [1.807, 2.05) is 6.92 Å². The van der Waals surface area contributed by atoms with Crippen molar-refractivity contribution in [3.8, 4) is 23.0 Å².